The molecule has 0 radical (unpaired) electrons. The molecule has 3 heterocycles. The van der Waals surface area contributed by atoms with Crippen LogP contribution in [0.25, 0.3) is 16.9 Å². The molecule has 4 nitrogen and oxygen atoms in total. The third-order valence-corrected chi connectivity index (χ3v) is 2.49. The minimum atomic E-state index is 0.232. The fraction of sp³-hybridized carbons (Fsp3) is 0. The zero-order chi connectivity index (χ0) is 11.0. The van der Waals surface area contributed by atoms with Crippen LogP contribution in [0.5, 0.6) is 5.75 Å². The first kappa shape index (κ1) is 8.91. The van der Waals surface area contributed by atoms with Crippen LogP contribution in [0.3, 0.4) is 0 Å². The van der Waals surface area contributed by atoms with Crippen molar-refractivity contribution >= 4 is 5.52 Å². The molecule has 0 unspecified atom stereocenters. The van der Waals surface area contributed by atoms with Crippen LogP contribution in [0.1, 0.15) is 0 Å². The maximum absolute atomic E-state index is 9.66. The molecule has 4 heteroatoms. The van der Waals surface area contributed by atoms with Crippen molar-refractivity contribution in [1.82, 2.24) is 14.4 Å². The number of pyridine rings is 2. The topological polar surface area (TPSA) is 50.4 Å². The van der Waals surface area contributed by atoms with Crippen LogP contribution in [0.15, 0.2) is 49.1 Å². The van der Waals surface area contributed by atoms with Crippen LogP contribution in [-0.2, 0) is 0 Å². The summed E-state index contributed by atoms with van der Waals surface area (Å²) < 4.78 is 1.85. The molecule has 0 fully saturated rings. The highest BCUT2D eigenvalue weighted by Gasteiger charge is 2.07. The van der Waals surface area contributed by atoms with Gasteiger partial charge in [0.05, 0.1) is 6.20 Å². The first-order chi connectivity index (χ1) is 7.86. The van der Waals surface area contributed by atoms with Crippen molar-refractivity contribution < 1.29 is 5.11 Å². The first-order valence-corrected chi connectivity index (χ1v) is 4.92. The number of rotatable bonds is 1. The van der Waals surface area contributed by atoms with Crippen molar-refractivity contribution in [1.29, 1.82) is 0 Å². The molecule has 0 saturated heterocycles. The highest BCUT2D eigenvalue weighted by molar-refractivity contribution is 5.66. The van der Waals surface area contributed by atoms with Gasteiger partial charge in [-0.15, -0.1) is 0 Å². The predicted molar refractivity (Wildman–Crippen MR) is 60.1 cm³/mol. The molecule has 0 saturated carbocycles. The number of nitrogens with zero attached hydrogens (tertiary/aromatic N) is 3. The lowest BCUT2D eigenvalue weighted by Crippen LogP contribution is -1.88. The standard InChI is InChI=1S/C12H9N3O/c16-11-2-1-7-15-10(11)8-14-12(15)9-3-5-13-6-4-9/h1-8,16H. The summed E-state index contributed by atoms with van der Waals surface area (Å²) in [5.41, 5.74) is 1.68. The second-order valence-corrected chi connectivity index (χ2v) is 3.47. The molecule has 0 aliphatic carbocycles. The van der Waals surface area contributed by atoms with E-state index in [2.05, 4.69) is 9.97 Å². The maximum Gasteiger partial charge on any atom is 0.144 e. The summed E-state index contributed by atoms with van der Waals surface area (Å²) in [7, 11) is 0. The molecule has 3 rings (SSSR count). The van der Waals surface area contributed by atoms with Gasteiger partial charge in [0.1, 0.15) is 17.1 Å². The molecule has 0 amide bonds. The van der Waals surface area contributed by atoms with Crippen molar-refractivity contribution in [3.63, 3.8) is 0 Å². The van der Waals surface area contributed by atoms with Crippen LogP contribution in [0.2, 0.25) is 0 Å². The molecule has 16 heavy (non-hydrogen) atoms. The van der Waals surface area contributed by atoms with Crippen LogP contribution < -0.4 is 0 Å². The fourth-order valence-corrected chi connectivity index (χ4v) is 1.72. The van der Waals surface area contributed by atoms with Gasteiger partial charge in [-0.1, -0.05) is 0 Å². The smallest absolute Gasteiger partial charge is 0.144 e. The summed E-state index contributed by atoms with van der Waals surface area (Å²) >= 11 is 0. The number of fused-ring (bicyclic) bond motifs is 1. The summed E-state index contributed by atoms with van der Waals surface area (Å²) in [6.07, 6.45) is 6.97. The van der Waals surface area contributed by atoms with Crippen LogP contribution in [0, 0.1) is 0 Å². The Morgan fingerprint density at radius 3 is 2.75 bits per heavy atom. The van der Waals surface area contributed by atoms with E-state index in [-0.39, 0.29) is 5.75 Å². The van der Waals surface area contributed by atoms with Crippen molar-refractivity contribution in [3.8, 4) is 17.1 Å². The minimum Gasteiger partial charge on any atom is -0.506 e. The van der Waals surface area contributed by atoms with Gasteiger partial charge < -0.3 is 5.11 Å². The first-order valence-electron chi connectivity index (χ1n) is 4.92. The van der Waals surface area contributed by atoms with E-state index in [9.17, 15) is 5.11 Å². The van der Waals surface area contributed by atoms with Gasteiger partial charge in [0.15, 0.2) is 0 Å². The minimum absolute atomic E-state index is 0.232. The highest BCUT2D eigenvalue weighted by Crippen LogP contribution is 2.23. The van der Waals surface area contributed by atoms with Gasteiger partial charge in [-0.3, -0.25) is 9.38 Å². The zero-order valence-corrected chi connectivity index (χ0v) is 8.41. The summed E-state index contributed by atoms with van der Waals surface area (Å²) in [6, 6.07) is 7.21. The Bertz CT molecular complexity index is 631. The van der Waals surface area contributed by atoms with Crippen molar-refractivity contribution in [3.05, 3.63) is 49.1 Å². The molecule has 0 aliphatic rings. The summed E-state index contributed by atoms with van der Waals surface area (Å²) in [4.78, 5) is 8.27. The van der Waals surface area contributed by atoms with Crippen LogP contribution in [-0.4, -0.2) is 19.5 Å². The Morgan fingerprint density at radius 2 is 1.94 bits per heavy atom. The Morgan fingerprint density at radius 1 is 1.12 bits per heavy atom. The van der Waals surface area contributed by atoms with E-state index >= 15 is 0 Å². The van der Waals surface area contributed by atoms with Crippen LogP contribution in [0.4, 0.5) is 0 Å². The monoisotopic (exact) mass is 211 g/mol. The van der Waals surface area contributed by atoms with Crippen molar-refractivity contribution in [2.24, 2.45) is 0 Å². The third-order valence-electron chi connectivity index (χ3n) is 2.49. The Balaban J connectivity index is 2.30. The van der Waals surface area contributed by atoms with E-state index in [0.717, 1.165) is 11.4 Å². The SMILES string of the molecule is Oc1cccn2c(-c3ccncc3)ncc12. The molecule has 0 aliphatic heterocycles. The average Bonchev–Trinajstić information content (AvgIpc) is 2.75. The lowest BCUT2D eigenvalue weighted by molar-refractivity contribution is 0.479. The number of imidazole rings is 1. The van der Waals surface area contributed by atoms with Gasteiger partial charge in [0.2, 0.25) is 0 Å². The van der Waals surface area contributed by atoms with E-state index in [1.165, 1.54) is 0 Å². The molecule has 3 aromatic rings. The van der Waals surface area contributed by atoms with Gasteiger partial charge >= 0.3 is 0 Å². The van der Waals surface area contributed by atoms with E-state index in [1.54, 1.807) is 30.7 Å². The Kier molecular flexibility index (Phi) is 1.86. The zero-order valence-electron chi connectivity index (χ0n) is 8.41. The van der Waals surface area contributed by atoms with E-state index in [4.69, 9.17) is 0 Å². The summed E-state index contributed by atoms with van der Waals surface area (Å²) in [5.74, 6) is 1.03. The molecule has 0 spiro atoms. The number of hydrogen-bond acceptors (Lipinski definition) is 3. The predicted octanol–water partition coefficient (Wildman–Crippen LogP) is 2.10. The molecular weight excluding hydrogens is 202 g/mol. The molecule has 0 bridgehead atoms. The van der Waals surface area contributed by atoms with Gasteiger partial charge in [-0.25, -0.2) is 4.98 Å². The quantitative estimate of drug-likeness (QED) is 0.670. The molecule has 3 aromatic heterocycles. The number of hydrogen-bond donors (Lipinski definition) is 1. The Hall–Kier alpha value is -2.36. The van der Waals surface area contributed by atoms with E-state index in [1.807, 2.05) is 22.7 Å². The number of aromatic hydroxyl groups is 1. The molecule has 1 N–H and O–H groups in total. The largest absolute Gasteiger partial charge is 0.506 e. The summed E-state index contributed by atoms with van der Waals surface area (Å²) in [6.45, 7) is 0. The Labute approximate surface area is 91.8 Å². The lowest BCUT2D eigenvalue weighted by atomic mass is 10.2. The second-order valence-electron chi connectivity index (χ2n) is 3.47. The van der Waals surface area contributed by atoms with Gasteiger partial charge in [0, 0.05) is 24.2 Å². The normalized spacial score (nSPS) is 10.8. The maximum atomic E-state index is 9.66. The van der Waals surface area contributed by atoms with Gasteiger partial charge in [0.25, 0.3) is 0 Å². The van der Waals surface area contributed by atoms with E-state index < -0.39 is 0 Å². The molecular formula is C12H9N3O. The highest BCUT2D eigenvalue weighted by atomic mass is 16.3. The lowest BCUT2D eigenvalue weighted by Gasteiger charge is -2.01. The molecule has 78 valence electrons. The van der Waals surface area contributed by atoms with E-state index in [0.29, 0.717) is 5.52 Å². The second kappa shape index (κ2) is 3.34. The van der Waals surface area contributed by atoms with Gasteiger partial charge in [-0.05, 0) is 24.3 Å². The number of aromatic nitrogens is 3. The van der Waals surface area contributed by atoms with Crippen LogP contribution >= 0.6 is 0 Å². The summed E-state index contributed by atoms with van der Waals surface area (Å²) in [5, 5.41) is 9.66. The van der Waals surface area contributed by atoms with Gasteiger partial charge in [-0.2, -0.15) is 0 Å². The third kappa shape index (κ3) is 1.24. The average molecular weight is 211 g/mol. The van der Waals surface area contributed by atoms with Crippen molar-refractivity contribution in [2.75, 3.05) is 0 Å². The molecule has 0 atom stereocenters. The fourth-order valence-electron chi connectivity index (χ4n) is 1.72. The van der Waals surface area contributed by atoms with Crippen molar-refractivity contribution in [2.45, 2.75) is 0 Å². The molecule has 0 aromatic carbocycles.